The van der Waals surface area contributed by atoms with Crippen molar-refractivity contribution in [3.63, 3.8) is 0 Å². The van der Waals surface area contributed by atoms with Crippen LogP contribution in [0.3, 0.4) is 0 Å². The van der Waals surface area contributed by atoms with Crippen LogP contribution in [0.15, 0.2) is 36.0 Å². The first-order valence-corrected chi connectivity index (χ1v) is 8.40. The molecule has 3 aromatic rings. The molecule has 3 N–H and O–H groups in total. The number of nitrogens with one attached hydrogen (secondary N) is 3. The van der Waals surface area contributed by atoms with Crippen molar-refractivity contribution >= 4 is 28.6 Å². The average molecular weight is 343 g/mol. The van der Waals surface area contributed by atoms with Gasteiger partial charge < -0.3 is 15.6 Å². The summed E-state index contributed by atoms with van der Waals surface area (Å²) in [5.41, 5.74) is 0.973. The number of para-hydroxylation sites is 1. The van der Waals surface area contributed by atoms with E-state index in [9.17, 15) is 9.18 Å². The molecule has 0 radical (unpaired) electrons. The number of aromatic nitrogens is 3. The summed E-state index contributed by atoms with van der Waals surface area (Å²) in [5.74, 6) is -0.329. The van der Waals surface area contributed by atoms with Gasteiger partial charge in [0.15, 0.2) is 10.8 Å². The molecule has 2 aromatic heterocycles. The van der Waals surface area contributed by atoms with Crippen molar-refractivity contribution in [2.24, 2.45) is 0 Å². The van der Waals surface area contributed by atoms with E-state index < -0.39 is 11.7 Å². The van der Waals surface area contributed by atoms with Gasteiger partial charge in [-0.15, -0.1) is 11.3 Å². The van der Waals surface area contributed by atoms with E-state index in [0.717, 1.165) is 12.8 Å². The fraction of sp³-hybridized carbons (Fsp3) is 0.188. The second-order valence-corrected chi connectivity index (χ2v) is 6.37. The summed E-state index contributed by atoms with van der Waals surface area (Å²) < 4.78 is 14.1. The Labute approximate surface area is 141 Å². The molecule has 0 bridgehead atoms. The van der Waals surface area contributed by atoms with Crippen LogP contribution in [0.4, 0.5) is 15.8 Å². The summed E-state index contributed by atoms with van der Waals surface area (Å²) in [7, 11) is 0. The van der Waals surface area contributed by atoms with Crippen LogP contribution in [0.1, 0.15) is 23.3 Å². The van der Waals surface area contributed by atoms with Crippen molar-refractivity contribution in [3.05, 3.63) is 47.5 Å². The molecule has 1 saturated carbocycles. The molecule has 0 saturated heterocycles. The molecule has 1 aliphatic carbocycles. The Kier molecular flexibility index (Phi) is 3.73. The lowest BCUT2D eigenvalue weighted by Gasteiger charge is -2.12. The molecule has 0 atom stereocenters. The highest BCUT2D eigenvalue weighted by molar-refractivity contribution is 7.13. The Hall–Kier alpha value is -2.74. The van der Waals surface area contributed by atoms with E-state index in [0.29, 0.717) is 22.6 Å². The van der Waals surface area contributed by atoms with Crippen LogP contribution in [0.25, 0.3) is 10.8 Å². The number of carbonyl (C=O) groups is 1. The number of hydrogen-bond donors (Lipinski definition) is 3. The van der Waals surface area contributed by atoms with Gasteiger partial charge in [0.2, 0.25) is 0 Å². The Morgan fingerprint density at radius 2 is 2.25 bits per heavy atom. The number of rotatable bonds is 5. The first kappa shape index (κ1) is 14.8. The molecule has 122 valence electrons. The zero-order valence-corrected chi connectivity index (χ0v) is 13.4. The van der Waals surface area contributed by atoms with Crippen molar-refractivity contribution < 1.29 is 9.18 Å². The van der Waals surface area contributed by atoms with Crippen LogP contribution in [-0.2, 0) is 0 Å². The molecule has 8 heteroatoms. The van der Waals surface area contributed by atoms with Gasteiger partial charge in [-0.25, -0.2) is 14.4 Å². The molecule has 6 nitrogen and oxygen atoms in total. The van der Waals surface area contributed by atoms with E-state index >= 15 is 0 Å². The largest absolute Gasteiger partial charge is 0.381 e. The van der Waals surface area contributed by atoms with Crippen LogP contribution in [0.2, 0.25) is 0 Å². The topological polar surface area (TPSA) is 82.7 Å². The molecule has 24 heavy (non-hydrogen) atoms. The normalized spacial score (nSPS) is 13.7. The van der Waals surface area contributed by atoms with Gasteiger partial charge in [-0.3, -0.25) is 4.79 Å². The van der Waals surface area contributed by atoms with E-state index in [1.807, 2.05) is 0 Å². The summed E-state index contributed by atoms with van der Waals surface area (Å²) in [6, 6.07) is 5.05. The molecule has 0 spiro atoms. The quantitative estimate of drug-likeness (QED) is 0.662. The average Bonchev–Trinajstić information content (AvgIpc) is 3.06. The zero-order chi connectivity index (χ0) is 16.5. The third kappa shape index (κ3) is 3.00. The second-order valence-electron chi connectivity index (χ2n) is 5.51. The predicted octanol–water partition coefficient (Wildman–Crippen LogP) is 3.50. The summed E-state index contributed by atoms with van der Waals surface area (Å²) in [4.78, 5) is 23.7. The minimum absolute atomic E-state index is 0.155. The summed E-state index contributed by atoms with van der Waals surface area (Å²) in [5, 5.41) is 8.08. The van der Waals surface area contributed by atoms with Crippen LogP contribution in [0.5, 0.6) is 0 Å². The van der Waals surface area contributed by atoms with Crippen LogP contribution >= 0.6 is 11.3 Å². The molecule has 1 aromatic carbocycles. The van der Waals surface area contributed by atoms with Gasteiger partial charge >= 0.3 is 0 Å². The third-order valence-electron chi connectivity index (χ3n) is 3.63. The number of benzene rings is 1. The number of carbonyl (C=O) groups excluding carboxylic acids is 1. The standard InChI is InChI=1S/C16H14FN5OS/c17-10-2-1-3-11(20-9-4-5-9)13(10)22-15(23)12-8-24-16(21-12)14-18-6-7-19-14/h1-3,6-9,20H,4-5H2,(H,18,19)(H,22,23). The van der Waals surface area contributed by atoms with Gasteiger partial charge in [0.25, 0.3) is 5.91 Å². The number of imidazole rings is 1. The SMILES string of the molecule is O=C(Nc1c(F)cccc1NC1CC1)c1csc(-c2ncc[nH]2)n1. The van der Waals surface area contributed by atoms with Crippen LogP contribution < -0.4 is 10.6 Å². The molecule has 4 rings (SSSR count). The lowest BCUT2D eigenvalue weighted by atomic mass is 10.2. The number of nitrogens with zero attached hydrogens (tertiary/aromatic N) is 2. The first-order chi connectivity index (χ1) is 11.7. The Morgan fingerprint density at radius 1 is 1.38 bits per heavy atom. The van der Waals surface area contributed by atoms with E-state index in [4.69, 9.17) is 0 Å². The number of H-pyrrole nitrogens is 1. The molecular formula is C16H14FN5OS. The molecule has 1 aliphatic rings. The number of anilines is 2. The highest BCUT2D eigenvalue weighted by Gasteiger charge is 2.23. The fourth-order valence-corrected chi connectivity index (χ4v) is 3.02. The molecule has 1 fully saturated rings. The highest BCUT2D eigenvalue weighted by Crippen LogP contribution is 2.31. The minimum atomic E-state index is -0.476. The van der Waals surface area contributed by atoms with Gasteiger partial charge in [-0.2, -0.15) is 0 Å². The van der Waals surface area contributed by atoms with E-state index in [2.05, 4.69) is 25.6 Å². The first-order valence-electron chi connectivity index (χ1n) is 7.52. The van der Waals surface area contributed by atoms with Crippen molar-refractivity contribution in [2.75, 3.05) is 10.6 Å². The Bertz CT molecular complexity index is 872. The van der Waals surface area contributed by atoms with Crippen molar-refractivity contribution in [1.29, 1.82) is 0 Å². The number of aromatic amines is 1. The van der Waals surface area contributed by atoms with Gasteiger partial charge in [-0.1, -0.05) is 6.07 Å². The maximum atomic E-state index is 14.1. The zero-order valence-electron chi connectivity index (χ0n) is 12.5. The lowest BCUT2D eigenvalue weighted by Crippen LogP contribution is -2.16. The van der Waals surface area contributed by atoms with E-state index in [1.165, 1.54) is 17.4 Å². The van der Waals surface area contributed by atoms with Crippen LogP contribution in [0, 0.1) is 5.82 Å². The molecule has 1 amide bonds. The van der Waals surface area contributed by atoms with Crippen LogP contribution in [-0.4, -0.2) is 26.9 Å². The van der Waals surface area contributed by atoms with E-state index in [1.54, 1.807) is 29.9 Å². The lowest BCUT2D eigenvalue weighted by molar-refractivity contribution is 0.102. The Balaban J connectivity index is 1.56. The third-order valence-corrected chi connectivity index (χ3v) is 4.48. The van der Waals surface area contributed by atoms with Gasteiger partial charge in [0.05, 0.1) is 5.69 Å². The number of hydrogen-bond acceptors (Lipinski definition) is 5. The fourth-order valence-electron chi connectivity index (χ4n) is 2.27. The summed E-state index contributed by atoms with van der Waals surface area (Å²) >= 11 is 1.30. The summed E-state index contributed by atoms with van der Waals surface area (Å²) in [6.45, 7) is 0. The number of halogens is 1. The van der Waals surface area contributed by atoms with Crippen molar-refractivity contribution in [1.82, 2.24) is 15.0 Å². The number of thiazole rings is 1. The van der Waals surface area contributed by atoms with Crippen molar-refractivity contribution in [2.45, 2.75) is 18.9 Å². The Morgan fingerprint density at radius 3 is 3.00 bits per heavy atom. The number of amides is 1. The monoisotopic (exact) mass is 343 g/mol. The molecule has 2 heterocycles. The van der Waals surface area contributed by atoms with Gasteiger partial charge in [-0.05, 0) is 25.0 Å². The maximum absolute atomic E-state index is 14.1. The maximum Gasteiger partial charge on any atom is 0.275 e. The summed E-state index contributed by atoms with van der Waals surface area (Å²) in [6.07, 6.45) is 5.42. The van der Waals surface area contributed by atoms with Gasteiger partial charge in [0.1, 0.15) is 17.2 Å². The highest BCUT2D eigenvalue weighted by atomic mass is 32.1. The van der Waals surface area contributed by atoms with Crippen molar-refractivity contribution in [3.8, 4) is 10.8 Å². The predicted molar refractivity (Wildman–Crippen MR) is 90.7 cm³/mol. The minimum Gasteiger partial charge on any atom is -0.381 e. The second kappa shape index (κ2) is 6.04. The van der Waals surface area contributed by atoms with E-state index in [-0.39, 0.29) is 11.4 Å². The molecule has 0 aliphatic heterocycles. The smallest absolute Gasteiger partial charge is 0.275 e. The molecule has 0 unspecified atom stereocenters. The van der Waals surface area contributed by atoms with Gasteiger partial charge in [0, 0.05) is 23.8 Å². The molecular weight excluding hydrogens is 329 g/mol.